The van der Waals surface area contributed by atoms with Crippen molar-refractivity contribution < 1.29 is 14.7 Å². The first-order chi connectivity index (χ1) is 11.1. The number of nitrogens with zero attached hydrogens (tertiary/aromatic N) is 2. The monoisotopic (exact) mass is 310 g/mol. The highest BCUT2D eigenvalue weighted by Gasteiger charge is 2.32. The lowest BCUT2D eigenvalue weighted by Gasteiger charge is -2.23. The summed E-state index contributed by atoms with van der Waals surface area (Å²) in [7, 11) is 1.98. The van der Waals surface area contributed by atoms with E-state index in [0.29, 0.717) is 5.71 Å². The van der Waals surface area contributed by atoms with Crippen molar-refractivity contribution in [3.63, 3.8) is 0 Å². The van der Waals surface area contributed by atoms with E-state index in [0.717, 1.165) is 23.1 Å². The summed E-state index contributed by atoms with van der Waals surface area (Å²) in [6, 6.07) is 9.71. The molecule has 3 rings (SSSR count). The second-order valence-corrected chi connectivity index (χ2v) is 5.58. The van der Waals surface area contributed by atoms with E-state index in [1.54, 1.807) is 12.2 Å². The Morgan fingerprint density at radius 1 is 1.35 bits per heavy atom. The predicted molar refractivity (Wildman–Crippen MR) is 87.8 cm³/mol. The molecule has 0 radical (unpaired) electrons. The third-order valence-corrected chi connectivity index (χ3v) is 3.92. The predicted octanol–water partition coefficient (Wildman–Crippen LogP) is 2.92. The van der Waals surface area contributed by atoms with Crippen LogP contribution in [0.2, 0.25) is 0 Å². The molecule has 0 spiro atoms. The molecule has 1 aliphatic carbocycles. The number of hydrogen-bond donors (Lipinski definition) is 1. The SMILES string of the molecule is CC(=O)O/N=C(/C1=CN(C)C2CC=C(O)C=C12)c1ccccc1. The summed E-state index contributed by atoms with van der Waals surface area (Å²) in [6.45, 7) is 1.32. The van der Waals surface area contributed by atoms with Gasteiger partial charge >= 0.3 is 5.97 Å². The van der Waals surface area contributed by atoms with E-state index in [4.69, 9.17) is 4.84 Å². The highest BCUT2D eigenvalue weighted by atomic mass is 16.7. The largest absolute Gasteiger partial charge is 0.508 e. The molecule has 0 fully saturated rings. The lowest BCUT2D eigenvalue weighted by Crippen LogP contribution is -2.25. The summed E-state index contributed by atoms with van der Waals surface area (Å²) in [4.78, 5) is 18.1. The molecular weight excluding hydrogens is 292 g/mol. The van der Waals surface area contributed by atoms with Gasteiger partial charge in [0, 0.05) is 31.3 Å². The van der Waals surface area contributed by atoms with Crippen LogP contribution >= 0.6 is 0 Å². The van der Waals surface area contributed by atoms with Gasteiger partial charge in [0.1, 0.15) is 11.5 Å². The Morgan fingerprint density at radius 2 is 2.09 bits per heavy atom. The quantitative estimate of drug-likeness (QED) is 0.530. The van der Waals surface area contributed by atoms with Gasteiger partial charge in [0.05, 0.1) is 6.04 Å². The Labute approximate surface area is 134 Å². The Bertz CT molecular complexity index is 745. The highest BCUT2D eigenvalue weighted by Crippen LogP contribution is 2.35. The Morgan fingerprint density at radius 3 is 2.78 bits per heavy atom. The number of rotatable bonds is 3. The third-order valence-electron chi connectivity index (χ3n) is 3.92. The molecule has 0 saturated carbocycles. The molecule has 2 aliphatic rings. The average Bonchev–Trinajstić information content (AvgIpc) is 2.85. The summed E-state index contributed by atoms with van der Waals surface area (Å²) in [6.07, 6.45) is 6.24. The van der Waals surface area contributed by atoms with Crippen molar-refractivity contribution in [2.45, 2.75) is 19.4 Å². The van der Waals surface area contributed by atoms with Gasteiger partial charge in [-0.15, -0.1) is 0 Å². The molecule has 1 N–H and O–H groups in total. The van der Waals surface area contributed by atoms with Crippen molar-refractivity contribution in [1.29, 1.82) is 0 Å². The van der Waals surface area contributed by atoms with Gasteiger partial charge in [0.15, 0.2) is 0 Å². The van der Waals surface area contributed by atoms with Crippen molar-refractivity contribution in [3.8, 4) is 0 Å². The molecule has 1 aromatic carbocycles. The maximum Gasteiger partial charge on any atom is 0.332 e. The number of benzene rings is 1. The summed E-state index contributed by atoms with van der Waals surface area (Å²) in [5, 5.41) is 13.9. The second kappa shape index (κ2) is 6.12. The number of oxime groups is 1. The van der Waals surface area contributed by atoms with Gasteiger partial charge in [-0.25, -0.2) is 4.79 Å². The number of fused-ring (bicyclic) bond motifs is 1. The molecule has 1 aromatic rings. The number of hydrogen-bond acceptors (Lipinski definition) is 5. The molecule has 0 bridgehead atoms. The number of carbonyl (C=O) groups excluding carboxylic acids is 1. The zero-order valence-corrected chi connectivity index (χ0v) is 13.1. The summed E-state index contributed by atoms with van der Waals surface area (Å²) >= 11 is 0. The standard InChI is InChI=1S/C18H18N2O3/c1-12(21)23-19-18(13-6-4-3-5-7-13)16-11-20(2)17-9-8-14(22)10-15(16)17/h3-8,10-11,17,22H,9H2,1-2H3/b19-18+. The van der Waals surface area contributed by atoms with Crippen LogP contribution in [0, 0.1) is 0 Å². The van der Waals surface area contributed by atoms with Gasteiger partial charge in [-0.3, -0.25) is 0 Å². The molecule has 1 aliphatic heterocycles. The maximum atomic E-state index is 11.2. The summed E-state index contributed by atoms with van der Waals surface area (Å²) in [5.74, 6) is -0.223. The normalized spacial score (nSPS) is 20.4. The van der Waals surface area contributed by atoms with Crippen molar-refractivity contribution >= 4 is 11.7 Å². The Balaban J connectivity index is 2.06. The molecule has 0 saturated heterocycles. The number of aliphatic hydroxyl groups is 1. The first kappa shape index (κ1) is 15.1. The Hall–Kier alpha value is -2.82. The first-order valence-electron chi connectivity index (χ1n) is 7.42. The van der Waals surface area contributed by atoms with Crippen LogP contribution in [0.5, 0.6) is 0 Å². The van der Waals surface area contributed by atoms with Crippen LogP contribution < -0.4 is 0 Å². The maximum absolute atomic E-state index is 11.2. The molecule has 5 nitrogen and oxygen atoms in total. The van der Waals surface area contributed by atoms with Crippen molar-refractivity contribution in [1.82, 2.24) is 4.90 Å². The molecule has 23 heavy (non-hydrogen) atoms. The van der Waals surface area contributed by atoms with Gasteiger partial charge in [-0.1, -0.05) is 35.5 Å². The van der Waals surface area contributed by atoms with Crippen LogP contribution in [0.3, 0.4) is 0 Å². The van der Waals surface area contributed by atoms with E-state index in [2.05, 4.69) is 10.1 Å². The molecular formula is C18H18N2O3. The molecule has 1 heterocycles. The molecule has 0 amide bonds. The molecule has 5 heteroatoms. The molecule has 1 unspecified atom stereocenters. The van der Waals surface area contributed by atoms with Gasteiger partial charge in [-0.2, -0.15) is 0 Å². The van der Waals surface area contributed by atoms with Gasteiger partial charge in [0.2, 0.25) is 0 Å². The van der Waals surface area contributed by atoms with Crippen LogP contribution in [0.4, 0.5) is 0 Å². The van der Waals surface area contributed by atoms with Crippen molar-refractivity contribution in [3.05, 3.63) is 71.2 Å². The third kappa shape index (κ3) is 3.04. The summed E-state index contributed by atoms with van der Waals surface area (Å²) < 4.78 is 0. The van der Waals surface area contributed by atoms with Crippen LogP contribution in [0.15, 0.2) is 70.7 Å². The van der Waals surface area contributed by atoms with Crippen LogP contribution in [0.25, 0.3) is 0 Å². The van der Waals surface area contributed by atoms with E-state index in [1.807, 2.05) is 43.6 Å². The van der Waals surface area contributed by atoms with Crippen LogP contribution in [-0.2, 0) is 9.63 Å². The van der Waals surface area contributed by atoms with Gasteiger partial charge in [0.25, 0.3) is 0 Å². The molecule has 1 atom stereocenters. The van der Waals surface area contributed by atoms with Gasteiger partial charge < -0.3 is 14.8 Å². The molecule has 118 valence electrons. The minimum absolute atomic E-state index is 0.159. The van der Waals surface area contributed by atoms with E-state index < -0.39 is 5.97 Å². The fourth-order valence-electron chi connectivity index (χ4n) is 2.85. The minimum atomic E-state index is -0.470. The van der Waals surface area contributed by atoms with Crippen LogP contribution in [0.1, 0.15) is 18.9 Å². The lowest BCUT2D eigenvalue weighted by molar-refractivity contribution is -0.140. The second-order valence-electron chi connectivity index (χ2n) is 5.58. The fourth-order valence-corrected chi connectivity index (χ4v) is 2.85. The van der Waals surface area contributed by atoms with Crippen LogP contribution in [-0.4, -0.2) is 34.8 Å². The zero-order chi connectivity index (χ0) is 16.4. The van der Waals surface area contributed by atoms with Crippen molar-refractivity contribution in [2.75, 3.05) is 7.05 Å². The fraction of sp³-hybridized carbons (Fsp3) is 0.222. The summed E-state index contributed by atoms with van der Waals surface area (Å²) in [5.41, 5.74) is 3.26. The lowest BCUT2D eigenvalue weighted by atomic mass is 9.90. The number of allylic oxidation sites excluding steroid dienone is 1. The van der Waals surface area contributed by atoms with E-state index in [9.17, 15) is 9.90 Å². The first-order valence-corrected chi connectivity index (χ1v) is 7.42. The zero-order valence-electron chi connectivity index (χ0n) is 13.1. The van der Waals surface area contributed by atoms with E-state index >= 15 is 0 Å². The minimum Gasteiger partial charge on any atom is -0.508 e. The topological polar surface area (TPSA) is 62.1 Å². The average molecular weight is 310 g/mol. The van der Waals surface area contributed by atoms with E-state index in [1.165, 1.54) is 6.92 Å². The van der Waals surface area contributed by atoms with Crippen molar-refractivity contribution in [2.24, 2.45) is 5.16 Å². The highest BCUT2D eigenvalue weighted by molar-refractivity contribution is 6.15. The smallest absolute Gasteiger partial charge is 0.332 e. The van der Waals surface area contributed by atoms with Gasteiger partial charge in [-0.05, 0) is 24.1 Å². The molecule has 0 aromatic heterocycles. The van der Waals surface area contributed by atoms with E-state index in [-0.39, 0.29) is 11.8 Å². The Kier molecular flexibility index (Phi) is 4.02. The number of likely N-dealkylation sites (N-methyl/N-ethyl adjacent to an activating group) is 1. The number of aliphatic hydroxyl groups excluding tert-OH is 1. The number of carbonyl (C=O) groups is 1.